The highest BCUT2D eigenvalue weighted by molar-refractivity contribution is 7.85. The number of rotatable bonds is 8. The van der Waals surface area contributed by atoms with E-state index in [1.54, 1.807) is 48.5 Å². The van der Waals surface area contributed by atoms with Crippen LogP contribution >= 0.6 is 46.4 Å². The molecule has 0 spiro atoms. The van der Waals surface area contributed by atoms with E-state index in [1.807, 2.05) is 24.3 Å². The molecule has 6 aromatic carbocycles. The number of fused-ring (bicyclic) bond motifs is 2. The molecule has 0 radical (unpaired) electrons. The highest BCUT2D eigenvalue weighted by atomic mass is 35.5. The summed E-state index contributed by atoms with van der Waals surface area (Å²) in [4.78, 5) is 8.63. The highest BCUT2D eigenvalue weighted by Crippen LogP contribution is 2.51. The molecule has 2 aliphatic rings. The molecular formula is C45H34Cl4F6N2O4S. The van der Waals surface area contributed by atoms with Gasteiger partial charge in [-0.15, -0.1) is 0 Å². The van der Waals surface area contributed by atoms with Crippen molar-refractivity contribution in [1.29, 1.82) is 0 Å². The summed E-state index contributed by atoms with van der Waals surface area (Å²) >= 11 is 24.0. The van der Waals surface area contributed by atoms with Gasteiger partial charge in [0, 0.05) is 55.5 Å². The number of benzene rings is 6. The predicted octanol–water partition coefficient (Wildman–Crippen LogP) is 12.6. The first kappa shape index (κ1) is 45.8. The smallest absolute Gasteiger partial charge is 0.392 e. The zero-order valence-corrected chi connectivity index (χ0v) is 36.2. The van der Waals surface area contributed by atoms with Crippen LogP contribution in [0, 0.1) is 0 Å². The van der Waals surface area contributed by atoms with E-state index >= 15 is 0 Å². The maximum atomic E-state index is 14.4. The van der Waals surface area contributed by atoms with E-state index in [1.165, 1.54) is 36.4 Å². The van der Waals surface area contributed by atoms with Gasteiger partial charge in [0.1, 0.15) is 10.8 Å². The lowest BCUT2D eigenvalue weighted by atomic mass is 9.76. The van der Waals surface area contributed by atoms with Crippen molar-refractivity contribution in [3.05, 3.63) is 163 Å². The van der Waals surface area contributed by atoms with Gasteiger partial charge in [0.05, 0.1) is 32.6 Å². The molecule has 0 aromatic heterocycles. The van der Waals surface area contributed by atoms with Crippen LogP contribution in [0.2, 0.25) is 20.1 Å². The molecule has 0 saturated heterocycles. The predicted molar refractivity (Wildman–Crippen MR) is 234 cm³/mol. The Balaban J connectivity index is 0.000000188. The third-order valence-electron chi connectivity index (χ3n) is 11.2. The van der Waals surface area contributed by atoms with Crippen LogP contribution in [0.15, 0.2) is 119 Å². The molecule has 0 fully saturated rings. The van der Waals surface area contributed by atoms with Gasteiger partial charge in [0.2, 0.25) is 0 Å². The average Bonchev–Trinajstić information content (AvgIpc) is 3.87. The van der Waals surface area contributed by atoms with Crippen molar-refractivity contribution in [3.8, 4) is 0 Å². The van der Waals surface area contributed by atoms with Crippen LogP contribution in [-0.2, 0) is 38.3 Å². The number of aliphatic imine (C=N–C) groups is 2. The number of aliphatic hydroxyl groups is 1. The average molecular weight is 955 g/mol. The molecule has 1 N–H and O–H groups in total. The first-order valence-electron chi connectivity index (χ1n) is 18.8. The van der Waals surface area contributed by atoms with E-state index in [4.69, 9.17) is 50.6 Å². The van der Waals surface area contributed by atoms with Crippen molar-refractivity contribution in [2.75, 3.05) is 19.3 Å². The van der Waals surface area contributed by atoms with Gasteiger partial charge in [-0.05, 0) is 80.2 Å². The zero-order valence-electron chi connectivity index (χ0n) is 32.4. The minimum absolute atomic E-state index is 0.0116. The van der Waals surface area contributed by atoms with Crippen molar-refractivity contribution >= 4 is 89.5 Å². The SMILES string of the molecule is CS(=O)(=O)OCc1ccc(C2=NCC(c3cc(Cl)cc(Cl)c3)(C(F)(F)F)C2)c2ccccc12.OCc1ccc(C2=NCC(c3cc(Cl)cc(Cl)c3)(C(F)(F)F)C2)c2ccccc12. The lowest BCUT2D eigenvalue weighted by Crippen LogP contribution is -2.43. The fourth-order valence-electron chi connectivity index (χ4n) is 8.03. The molecule has 324 valence electrons. The Morgan fingerprint density at radius 2 is 0.968 bits per heavy atom. The minimum atomic E-state index is -4.59. The van der Waals surface area contributed by atoms with Crippen LogP contribution < -0.4 is 0 Å². The van der Waals surface area contributed by atoms with E-state index in [2.05, 4.69) is 9.98 Å². The van der Waals surface area contributed by atoms with Crippen LogP contribution in [-0.4, -0.2) is 56.6 Å². The van der Waals surface area contributed by atoms with E-state index in [0.29, 0.717) is 44.4 Å². The molecule has 6 aromatic rings. The summed E-state index contributed by atoms with van der Waals surface area (Å²) in [6, 6.07) is 29.1. The topological polar surface area (TPSA) is 88.3 Å². The molecular weight excluding hydrogens is 920 g/mol. The van der Waals surface area contributed by atoms with E-state index in [0.717, 1.165) is 17.0 Å². The van der Waals surface area contributed by atoms with Gasteiger partial charge in [-0.25, -0.2) is 0 Å². The summed E-state index contributed by atoms with van der Waals surface area (Å²) in [6.45, 7) is -1.26. The van der Waals surface area contributed by atoms with E-state index in [-0.39, 0.29) is 57.3 Å². The Morgan fingerprint density at radius 1 is 0.597 bits per heavy atom. The second kappa shape index (κ2) is 17.4. The molecule has 0 saturated carbocycles. The van der Waals surface area contributed by atoms with Gasteiger partial charge in [-0.2, -0.15) is 34.8 Å². The van der Waals surface area contributed by atoms with Crippen molar-refractivity contribution < 1.29 is 44.0 Å². The van der Waals surface area contributed by atoms with Crippen molar-refractivity contribution in [2.24, 2.45) is 9.98 Å². The molecule has 6 nitrogen and oxygen atoms in total. The number of halogens is 10. The summed E-state index contributed by atoms with van der Waals surface area (Å²) in [5.41, 5.74) is -1.29. The van der Waals surface area contributed by atoms with Crippen molar-refractivity contribution in [2.45, 2.75) is 49.2 Å². The van der Waals surface area contributed by atoms with Crippen LogP contribution in [0.25, 0.3) is 21.5 Å². The summed E-state index contributed by atoms with van der Waals surface area (Å²) in [6.07, 6.45) is -8.86. The Hall–Kier alpha value is -4.21. The molecule has 0 amide bonds. The third-order valence-corrected chi connectivity index (χ3v) is 12.6. The summed E-state index contributed by atoms with van der Waals surface area (Å²) in [5, 5.41) is 13.0. The first-order chi connectivity index (χ1) is 29.1. The highest BCUT2D eigenvalue weighted by Gasteiger charge is 2.60. The van der Waals surface area contributed by atoms with E-state index < -0.39 is 46.4 Å². The lowest BCUT2D eigenvalue weighted by molar-refractivity contribution is -0.184. The van der Waals surface area contributed by atoms with Gasteiger partial charge in [0.25, 0.3) is 10.1 Å². The second-order valence-corrected chi connectivity index (χ2v) is 18.5. The fraction of sp³-hybridized carbons (Fsp3) is 0.244. The Labute approximate surface area is 372 Å². The monoisotopic (exact) mass is 952 g/mol. The molecule has 2 heterocycles. The molecule has 0 aliphatic carbocycles. The van der Waals surface area contributed by atoms with Crippen LogP contribution in [0.5, 0.6) is 0 Å². The molecule has 2 unspecified atom stereocenters. The minimum Gasteiger partial charge on any atom is -0.392 e. The molecule has 8 rings (SSSR count). The number of aliphatic hydroxyl groups excluding tert-OH is 1. The Morgan fingerprint density at radius 3 is 1.34 bits per heavy atom. The number of nitrogens with zero attached hydrogens (tertiary/aromatic N) is 2. The van der Waals surface area contributed by atoms with Gasteiger partial charge in [-0.1, -0.05) is 119 Å². The first-order valence-corrected chi connectivity index (χ1v) is 22.1. The summed E-state index contributed by atoms with van der Waals surface area (Å²) in [5.74, 6) is 0. The maximum absolute atomic E-state index is 14.4. The maximum Gasteiger partial charge on any atom is 0.400 e. The largest absolute Gasteiger partial charge is 0.400 e. The number of alkyl halides is 6. The molecule has 62 heavy (non-hydrogen) atoms. The quantitative estimate of drug-likeness (QED) is 0.122. The summed E-state index contributed by atoms with van der Waals surface area (Å²) in [7, 11) is -3.66. The normalized spacial score (nSPS) is 19.4. The van der Waals surface area contributed by atoms with Crippen molar-refractivity contribution in [3.63, 3.8) is 0 Å². The van der Waals surface area contributed by atoms with Gasteiger partial charge < -0.3 is 5.11 Å². The van der Waals surface area contributed by atoms with Gasteiger partial charge >= 0.3 is 12.4 Å². The number of hydrogen-bond acceptors (Lipinski definition) is 6. The molecule has 0 bridgehead atoms. The standard InChI is InChI=1S/C23H18Cl2F3NO3S.C22H16Cl2F3NO/c1-33(30,31)32-12-14-6-7-20(19-5-3-2-4-18(14)19)21-11-22(13-29-21,23(26,27)28)15-8-16(24)10-17(25)9-15;23-15-7-14(8-16(24)9-15)21(22(25,26)27)10-20(28-12-21)19-6-5-13(11-29)17-3-1-2-4-18(17)19/h2-10H,11-13H2,1H3;1-9,29H,10-12H2. The van der Waals surface area contributed by atoms with Gasteiger partial charge in [0.15, 0.2) is 0 Å². The zero-order chi connectivity index (χ0) is 44.8. The van der Waals surface area contributed by atoms with Crippen LogP contribution in [0.4, 0.5) is 26.3 Å². The molecule has 2 aliphatic heterocycles. The van der Waals surface area contributed by atoms with E-state index in [9.17, 15) is 39.9 Å². The number of hydrogen-bond donors (Lipinski definition) is 1. The Bertz CT molecular complexity index is 2850. The van der Waals surface area contributed by atoms with Crippen molar-refractivity contribution in [1.82, 2.24) is 0 Å². The van der Waals surface area contributed by atoms with Crippen LogP contribution in [0.1, 0.15) is 46.2 Å². The second-order valence-electron chi connectivity index (χ2n) is 15.1. The lowest BCUT2D eigenvalue weighted by Gasteiger charge is -2.32. The van der Waals surface area contributed by atoms with Crippen LogP contribution in [0.3, 0.4) is 0 Å². The summed E-state index contributed by atoms with van der Waals surface area (Å²) < 4.78 is 114. The molecule has 2 atom stereocenters. The Kier molecular flexibility index (Phi) is 12.9. The van der Waals surface area contributed by atoms with Gasteiger partial charge in [-0.3, -0.25) is 14.2 Å². The fourth-order valence-corrected chi connectivity index (χ4v) is 9.42. The third kappa shape index (κ3) is 9.08. The molecule has 17 heteroatoms.